The van der Waals surface area contributed by atoms with Crippen LogP contribution in [0, 0.1) is 15.9 Å². The molecular weight excluding hydrogens is 327 g/mol. The molecule has 0 radical (unpaired) electrons. The van der Waals surface area contributed by atoms with Gasteiger partial charge in [-0.15, -0.1) is 0 Å². The summed E-state index contributed by atoms with van der Waals surface area (Å²) in [5, 5.41) is 11.1. The number of nitrogens with zero attached hydrogens (tertiary/aromatic N) is 2. The van der Waals surface area contributed by atoms with E-state index in [0.717, 1.165) is 35.9 Å². The summed E-state index contributed by atoms with van der Waals surface area (Å²) in [6.45, 7) is 3.43. The van der Waals surface area contributed by atoms with Crippen LogP contribution in [0.5, 0.6) is 5.75 Å². The van der Waals surface area contributed by atoms with E-state index in [0.29, 0.717) is 0 Å². The van der Waals surface area contributed by atoms with Crippen molar-refractivity contribution in [1.29, 1.82) is 0 Å². The first-order valence-corrected chi connectivity index (χ1v) is 7.90. The van der Waals surface area contributed by atoms with Gasteiger partial charge in [-0.3, -0.25) is 14.9 Å². The number of hydrogen-bond acceptors (Lipinski definition) is 4. The first-order chi connectivity index (χ1) is 11.9. The predicted octanol–water partition coefficient (Wildman–Crippen LogP) is 3.48. The van der Waals surface area contributed by atoms with Gasteiger partial charge in [0, 0.05) is 23.9 Å². The van der Waals surface area contributed by atoms with Crippen molar-refractivity contribution in [3.05, 3.63) is 64.0 Å². The Bertz CT molecular complexity index is 840. The van der Waals surface area contributed by atoms with Crippen LogP contribution in [0.15, 0.2) is 42.5 Å². The van der Waals surface area contributed by atoms with E-state index in [9.17, 15) is 19.3 Å². The molecule has 0 aliphatic carbocycles. The zero-order valence-electron chi connectivity index (χ0n) is 13.8. The van der Waals surface area contributed by atoms with Crippen LogP contribution in [0.2, 0.25) is 0 Å². The molecule has 0 aromatic heterocycles. The van der Waals surface area contributed by atoms with E-state index in [4.69, 9.17) is 4.74 Å². The SMILES string of the molecule is C[C@@H]1Cc2ccccc2N1C(=O)[C@@H](C)Oc1cc(F)ccc1[N+](=O)[O-]. The molecule has 0 bridgehead atoms. The molecule has 130 valence electrons. The number of rotatable bonds is 4. The fraction of sp³-hybridized carbons (Fsp3) is 0.278. The van der Waals surface area contributed by atoms with Gasteiger partial charge in [0.05, 0.1) is 4.92 Å². The van der Waals surface area contributed by atoms with E-state index >= 15 is 0 Å². The van der Waals surface area contributed by atoms with Crippen molar-refractivity contribution in [2.45, 2.75) is 32.4 Å². The smallest absolute Gasteiger partial charge is 0.311 e. The molecule has 25 heavy (non-hydrogen) atoms. The maximum Gasteiger partial charge on any atom is 0.311 e. The number of para-hydroxylation sites is 1. The van der Waals surface area contributed by atoms with E-state index < -0.39 is 16.8 Å². The average Bonchev–Trinajstić information content (AvgIpc) is 2.89. The molecule has 2 aromatic rings. The van der Waals surface area contributed by atoms with Crippen molar-refractivity contribution >= 4 is 17.3 Å². The summed E-state index contributed by atoms with van der Waals surface area (Å²) in [5.41, 5.74) is 1.49. The highest BCUT2D eigenvalue weighted by atomic mass is 19.1. The Labute approximate surface area is 144 Å². The van der Waals surface area contributed by atoms with Gasteiger partial charge < -0.3 is 9.64 Å². The summed E-state index contributed by atoms with van der Waals surface area (Å²) in [4.78, 5) is 24.9. The zero-order valence-corrected chi connectivity index (χ0v) is 13.8. The molecule has 2 atom stereocenters. The van der Waals surface area contributed by atoms with Crippen molar-refractivity contribution in [2.24, 2.45) is 0 Å². The van der Waals surface area contributed by atoms with Crippen LogP contribution in [0.4, 0.5) is 15.8 Å². The van der Waals surface area contributed by atoms with Crippen LogP contribution < -0.4 is 9.64 Å². The minimum atomic E-state index is -0.992. The predicted molar refractivity (Wildman–Crippen MR) is 90.2 cm³/mol. The molecule has 3 rings (SSSR count). The lowest BCUT2D eigenvalue weighted by atomic mass is 10.1. The normalized spacial score (nSPS) is 17.1. The quantitative estimate of drug-likeness (QED) is 0.629. The second kappa shape index (κ2) is 6.51. The number of ether oxygens (including phenoxy) is 1. The number of amides is 1. The molecule has 1 heterocycles. The number of hydrogen-bond donors (Lipinski definition) is 0. The largest absolute Gasteiger partial charge is 0.474 e. The van der Waals surface area contributed by atoms with Gasteiger partial charge in [0.25, 0.3) is 5.91 Å². The molecule has 0 spiro atoms. The van der Waals surface area contributed by atoms with Crippen LogP contribution >= 0.6 is 0 Å². The second-order valence-corrected chi connectivity index (χ2v) is 6.02. The molecule has 1 aliphatic rings. The Balaban J connectivity index is 1.85. The third-order valence-electron chi connectivity index (χ3n) is 4.21. The lowest BCUT2D eigenvalue weighted by molar-refractivity contribution is -0.386. The number of anilines is 1. The minimum absolute atomic E-state index is 0.0431. The number of fused-ring (bicyclic) bond motifs is 1. The van der Waals surface area contributed by atoms with Gasteiger partial charge in [0.15, 0.2) is 6.10 Å². The molecule has 0 saturated carbocycles. The number of benzene rings is 2. The fourth-order valence-electron chi connectivity index (χ4n) is 3.07. The first kappa shape index (κ1) is 16.9. The van der Waals surface area contributed by atoms with Crippen molar-refractivity contribution in [3.8, 4) is 5.75 Å². The molecular formula is C18H17FN2O4. The zero-order chi connectivity index (χ0) is 18.1. The van der Waals surface area contributed by atoms with E-state index in [1.807, 2.05) is 31.2 Å². The van der Waals surface area contributed by atoms with Gasteiger partial charge in [0.2, 0.25) is 5.75 Å². The Morgan fingerprint density at radius 3 is 2.80 bits per heavy atom. The molecule has 1 aliphatic heterocycles. The summed E-state index contributed by atoms with van der Waals surface area (Å²) in [6.07, 6.45) is -0.261. The van der Waals surface area contributed by atoms with Gasteiger partial charge in [-0.2, -0.15) is 0 Å². The third-order valence-corrected chi connectivity index (χ3v) is 4.21. The fourth-order valence-corrected chi connectivity index (χ4v) is 3.07. The highest BCUT2D eigenvalue weighted by Gasteiger charge is 2.34. The highest BCUT2D eigenvalue weighted by molar-refractivity contribution is 5.99. The van der Waals surface area contributed by atoms with Crippen molar-refractivity contribution in [2.75, 3.05) is 4.90 Å². The Morgan fingerprint density at radius 2 is 2.08 bits per heavy atom. The van der Waals surface area contributed by atoms with Crippen LogP contribution in [0.25, 0.3) is 0 Å². The minimum Gasteiger partial charge on any atom is -0.474 e. The van der Waals surface area contributed by atoms with Crippen LogP contribution in [-0.2, 0) is 11.2 Å². The van der Waals surface area contributed by atoms with E-state index in [-0.39, 0.29) is 23.4 Å². The van der Waals surface area contributed by atoms with Crippen molar-refractivity contribution in [3.63, 3.8) is 0 Å². The number of carbonyl (C=O) groups excluding carboxylic acids is 1. The van der Waals surface area contributed by atoms with Gasteiger partial charge in [-0.25, -0.2) is 4.39 Å². The topological polar surface area (TPSA) is 72.7 Å². The molecule has 0 saturated heterocycles. The summed E-state index contributed by atoms with van der Waals surface area (Å²) in [7, 11) is 0. The Kier molecular flexibility index (Phi) is 4.39. The number of halogens is 1. The van der Waals surface area contributed by atoms with Gasteiger partial charge in [-0.1, -0.05) is 18.2 Å². The van der Waals surface area contributed by atoms with Crippen LogP contribution in [-0.4, -0.2) is 23.0 Å². The molecule has 0 unspecified atom stereocenters. The summed E-state index contributed by atoms with van der Waals surface area (Å²) >= 11 is 0. The van der Waals surface area contributed by atoms with E-state index in [1.165, 1.54) is 6.92 Å². The standard InChI is InChI=1S/C18H17FN2O4/c1-11-9-13-5-3-4-6-15(13)20(11)18(22)12(2)25-17-10-14(19)7-8-16(17)21(23)24/h3-8,10-12H,9H2,1-2H3/t11-,12-/m1/s1. The van der Waals surface area contributed by atoms with Crippen molar-refractivity contribution < 1.29 is 18.8 Å². The molecule has 7 heteroatoms. The molecule has 0 N–H and O–H groups in total. The van der Waals surface area contributed by atoms with Gasteiger partial charge >= 0.3 is 5.69 Å². The number of nitro groups is 1. The van der Waals surface area contributed by atoms with Crippen LogP contribution in [0.3, 0.4) is 0 Å². The van der Waals surface area contributed by atoms with Crippen molar-refractivity contribution in [1.82, 2.24) is 0 Å². The van der Waals surface area contributed by atoms with Gasteiger partial charge in [0.1, 0.15) is 5.82 Å². The molecule has 6 nitrogen and oxygen atoms in total. The lowest BCUT2D eigenvalue weighted by Gasteiger charge is -2.26. The first-order valence-electron chi connectivity index (χ1n) is 7.90. The molecule has 2 aromatic carbocycles. The maximum atomic E-state index is 13.4. The Hall–Kier alpha value is -2.96. The second-order valence-electron chi connectivity index (χ2n) is 6.02. The van der Waals surface area contributed by atoms with Crippen LogP contribution in [0.1, 0.15) is 19.4 Å². The molecule has 1 amide bonds. The summed E-state index contributed by atoms with van der Waals surface area (Å²) in [5.74, 6) is -1.25. The average molecular weight is 344 g/mol. The Morgan fingerprint density at radius 1 is 1.36 bits per heavy atom. The summed E-state index contributed by atoms with van der Waals surface area (Å²) in [6, 6.07) is 10.5. The number of carbonyl (C=O) groups is 1. The van der Waals surface area contributed by atoms with E-state index in [1.54, 1.807) is 4.90 Å². The van der Waals surface area contributed by atoms with Gasteiger partial charge in [-0.05, 0) is 38.0 Å². The molecule has 0 fully saturated rings. The maximum absolute atomic E-state index is 13.4. The van der Waals surface area contributed by atoms with E-state index in [2.05, 4.69) is 0 Å². The third kappa shape index (κ3) is 3.17. The monoisotopic (exact) mass is 344 g/mol. The summed E-state index contributed by atoms with van der Waals surface area (Å²) < 4.78 is 18.9. The lowest BCUT2D eigenvalue weighted by Crippen LogP contribution is -2.43. The number of nitro benzene ring substituents is 1. The highest BCUT2D eigenvalue weighted by Crippen LogP contribution is 2.33.